The molecule has 19 heavy (non-hydrogen) atoms. The van der Waals surface area contributed by atoms with Gasteiger partial charge in [-0.3, -0.25) is 9.78 Å². The minimum atomic E-state index is -0.114. The van der Waals surface area contributed by atoms with Gasteiger partial charge in [-0.05, 0) is 36.9 Å². The van der Waals surface area contributed by atoms with Crippen molar-refractivity contribution in [3.63, 3.8) is 0 Å². The molecule has 0 aliphatic heterocycles. The molecule has 2 heterocycles. The Balaban J connectivity index is 1.65. The average Bonchev–Trinajstić information content (AvgIpc) is 2.91. The molecule has 1 N–H and O–H groups in total. The first-order chi connectivity index (χ1) is 9.24. The molecule has 2 aromatic rings. The third-order valence-corrected chi connectivity index (χ3v) is 3.46. The van der Waals surface area contributed by atoms with Crippen LogP contribution in [0, 0.1) is 6.92 Å². The highest BCUT2D eigenvalue weighted by Gasteiger charge is 2.03. The highest BCUT2D eigenvalue weighted by atomic mass is 32.1. The second kappa shape index (κ2) is 6.89. The van der Waals surface area contributed by atoms with Gasteiger partial charge >= 0.3 is 0 Å². The summed E-state index contributed by atoms with van der Waals surface area (Å²) in [4.78, 5) is 16.9. The lowest BCUT2D eigenvalue weighted by Crippen LogP contribution is -2.30. The third kappa shape index (κ3) is 4.71. The normalized spacial score (nSPS) is 10.2. The molecule has 4 nitrogen and oxygen atoms in total. The molecule has 0 aromatic carbocycles. The molecule has 2 aromatic heterocycles. The number of ether oxygens (including phenoxy) is 1. The summed E-state index contributed by atoms with van der Waals surface area (Å²) in [6.45, 7) is 2.56. The number of rotatable bonds is 6. The summed E-state index contributed by atoms with van der Waals surface area (Å²) in [5.41, 5.74) is 0.924. The maximum absolute atomic E-state index is 11.6. The minimum absolute atomic E-state index is 0.0230. The Labute approximate surface area is 116 Å². The quantitative estimate of drug-likeness (QED) is 0.880. The number of amides is 1. The number of nitrogens with zero attached hydrogens (tertiary/aromatic N) is 1. The maximum Gasteiger partial charge on any atom is 0.257 e. The molecule has 0 fully saturated rings. The van der Waals surface area contributed by atoms with E-state index < -0.39 is 0 Å². The van der Waals surface area contributed by atoms with Crippen LogP contribution >= 0.6 is 11.3 Å². The van der Waals surface area contributed by atoms with Gasteiger partial charge in [-0.25, -0.2) is 0 Å². The lowest BCUT2D eigenvalue weighted by Gasteiger charge is -2.06. The molecule has 0 radical (unpaired) electrons. The number of nitrogens with one attached hydrogen (secondary N) is 1. The van der Waals surface area contributed by atoms with Gasteiger partial charge in [0.2, 0.25) is 0 Å². The van der Waals surface area contributed by atoms with Crippen LogP contribution in [0.4, 0.5) is 0 Å². The number of carbonyl (C=O) groups excluding carboxylic acids is 1. The number of aromatic nitrogens is 1. The molecule has 0 unspecified atom stereocenters. The topological polar surface area (TPSA) is 51.2 Å². The van der Waals surface area contributed by atoms with Crippen LogP contribution in [-0.4, -0.2) is 24.0 Å². The van der Waals surface area contributed by atoms with Crippen LogP contribution in [0.2, 0.25) is 0 Å². The number of aryl methyl sites for hydroxylation is 1. The molecule has 0 aliphatic carbocycles. The van der Waals surface area contributed by atoms with Crippen molar-refractivity contribution in [2.24, 2.45) is 0 Å². The summed E-state index contributed by atoms with van der Waals surface area (Å²) in [5.74, 6) is 0.496. The van der Waals surface area contributed by atoms with E-state index in [-0.39, 0.29) is 12.5 Å². The van der Waals surface area contributed by atoms with Crippen LogP contribution in [0.25, 0.3) is 0 Å². The van der Waals surface area contributed by atoms with Crippen molar-refractivity contribution in [3.05, 3.63) is 46.4 Å². The van der Waals surface area contributed by atoms with Crippen molar-refractivity contribution in [1.29, 1.82) is 0 Å². The highest BCUT2D eigenvalue weighted by Crippen LogP contribution is 2.09. The Morgan fingerprint density at radius 2 is 2.32 bits per heavy atom. The van der Waals surface area contributed by atoms with E-state index >= 15 is 0 Å². The summed E-state index contributed by atoms with van der Waals surface area (Å²) in [7, 11) is 0. The van der Waals surface area contributed by atoms with Gasteiger partial charge in [-0.1, -0.05) is 6.07 Å². The Kier molecular flexibility index (Phi) is 4.92. The molecule has 100 valence electrons. The lowest BCUT2D eigenvalue weighted by atomic mass is 10.3. The van der Waals surface area contributed by atoms with Gasteiger partial charge < -0.3 is 10.1 Å². The van der Waals surface area contributed by atoms with Gasteiger partial charge in [0, 0.05) is 17.1 Å². The largest absolute Gasteiger partial charge is 0.482 e. The molecule has 5 heteroatoms. The van der Waals surface area contributed by atoms with Crippen molar-refractivity contribution in [1.82, 2.24) is 10.3 Å². The van der Waals surface area contributed by atoms with Gasteiger partial charge in [-0.15, -0.1) is 11.3 Å². The monoisotopic (exact) mass is 276 g/mol. The zero-order valence-electron chi connectivity index (χ0n) is 10.8. The van der Waals surface area contributed by atoms with E-state index in [4.69, 9.17) is 4.74 Å². The maximum atomic E-state index is 11.6. The molecule has 0 aliphatic rings. The first-order valence-electron chi connectivity index (χ1n) is 6.08. The Morgan fingerprint density at radius 1 is 1.42 bits per heavy atom. The van der Waals surface area contributed by atoms with Crippen molar-refractivity contribution in [2.75, 3.05) is 13.2 Å². The van der Waals surface area contributed by atoms with Crippen molar-refractivity contribution in [3.8, 4) is 5.75 Å². The molecule has 0 saturated heterocycles. The van der Waals surface area contributed by atoms with Gasteiger partial charge in [-0.2, -0.15) is 0 Å². The Morgan fingerprint density at radius 3 is 3.00 bits per heavy atom. The molecular weight excluding hydrogens is 260 g/mol. The second-order valence-electron chi connectivity index (χ2n) is 4.10. The van der Waals surface area contributed by atoms with Gasteiger partial charge in [0.1, 0.15) is 5.75 Å². The summed E-state index contributed by atoms with van der Waals surface area (Å²) < 4.78 is 5.34. The zero-order valence-corrected chi connectivity index (χ0v) is 11.6. The van der Waals surface area contributed by atoms with E-state index in [1.165, 1.54) is 4.88 Å². The predicted molar refractivity (Wildman–Crippen MR) is 75.5 cm³/mol. The van der Waals surface area contributed by atoms with Crippen molar-refractivity contribution >= 4 is 17.2 Å². The highest BCUT2D eigenvalue weighted by molar-refractivity contribution is 7.09. The van der Waals surface area contributed by atoms with Crippen molar-refractivity contribution in [2.45, 2.75) is 13.3 Å². The van der Waals surface area contributed by atoms with E-state index in [1.54, 1.807) is 23.6 Å². The summed E-state index contributed by atoms with van der Waals surface area (Å²) in [6, 6.07) is 7.73. The lowest BCUT2D eigenvalue weighted by molar-refractivity contribution is -0.123. The Bertz CT molecular complexity index is 509. The first-order valence-corrected chi connectivity index (χ1v) is 6.96. The number of thiophene rings is 1. The summed E-state index contributed by atoms with van der Waals surface area (Å²) in [5, 5.41) is 4.86. The van der Waals surface area contributed by atoms with Crippen molar-refractivity contribution < 1.29 is 9.53 Å². The van der Waals surface area contributed by atoms with Gasteiger partial charge in [0.05, 0.1) is 6.20 Å². The van der Waals surface area contributed by atoms with Gasteiger partial charge in [0.15, 0.2) is 6.61 Å². The molecule has 0 atom stereocenters. The number of hydrogen-bond donors (Lipinski definition) is 1. The number of pyridine rings is 1. The fourth-order valence-corrected chi connectivity index (χ4v) is 2.23. The molecule has 0 saturated carbocycles. The smallest absolute Gasteiger partial charge is 0.257 e. The number of carbonyl (C=O) groups is 1. The van der Waals surface area contributed by atoms with E-state index in [0.717, 1.165) is 12.1 Å². The van der Waals surface area contributed by atoms with Crippen LogP contribution in [0.1, 0.15) is 10.6 Å². The Hall–Kier alpha value is -1.88. The van der Waals surface area contributed by atoms with E-state index in [0.29, 0.717) is 12.3 Å². The second-order valence-corrected chi connectivity index (χ2v) is 5.14. The summed E-state index contributed by atoms with van der Waals surface area (Å²) in [6.07, 6.45) is 2.48. The van der Waals surface area contributed by atoms with Crippen LogP contribution in [0.5, 0.6) is 5.75 Å². The molecule has 1 amide bonds. The SMILES string of the molecule is Cc1ccc(OCC(=O)NCCc2cccs2)cn1. The molecule has 0 bridgehead atoms. The van der Waals surface area contributed by atoms with Crippen LogP contribution < -0.4 is 10.1 Å². The van der Waals surface area contributed by atoms with Crippen LogP contribution in [-0.2, 0) is 11.2 Å². The zero-order chi connectivity index (χ0) is 13.5. The predicted octanol–water partition coefficient (Wildman–Crippen LogP) is 2.19. The fraction of sp³-hybridized carbons (Fsp3) is 0.286. The first kappa shape index (κ1) is 13.5. The standard InChI is InChI=1S/C14H16N2O2S/c1-11-4-5-12(9-16-11)18-10-14(17)15-7-6-13-3-2-8-19-13/h2-5,8-9H,6-7,10H2,1H3,(H,15,17). The van der Waals surface area contributed by atoms with E-state index in [1.807, 2.05) is 24.4 Å². The van der Waals surface area contributed by atoms with E-state index in [9.17, 15) is 4.79 Å². The summed E-state index contributed by atoms with van der Waals surface area (Å²) >= 11 is 1.70. The fourth-order valence-electron chi connectivity index (χ4n) is 1.52. The third-order valence-electron chi connectivity index (χ3n) is 2.53. The van der Waals surface area contributed by atoms with E-state index in [2.05, 4.69) is 16.4 Å². The molecule has 2 rings (SSSR count). The molecular formula is C14H16N2O2S. The number of hydrogen-bond acceptors (Lipinski definition) is 4. The van der Waals surface area contributed by atoms with Crippen LogP contribution in [0.3, 0.4) is 0 Å². The van der Waals surface area contributed by atoms with Gasteiger partial charge in [0.25, 0.3) is 5.91 Å². The minimum Gasteiger partial charge on any atom is -0.482 e. The average molecular weight is 276 g/mol. The van der Waals surface area contributed by atoms with Crippen LogP contribution in [0.15, 0.2) is 35.8 Å². The molecule has 0 spiro atoms.